The van der Waals surface area contributed by atoms with Gasteiger partial charge in [0.2, 0.25) is 5.88 Å². The molecule has 0 radical (unpaired) electrons. The Morgan fingerprint density at radius 3 is 2.71 bits per heavy atom. The number of benzene rings is 1. The minimum Gasteiger partial charge on any atom is -0.495 e. The lowest BCUT2D eigenvalue weighted by atomic mass is 10.1. The van der Waals surface area contributed by atoms with E-state index in [4.69, 9.17) is 9.47 Å². The fourth-order valence-electron chi connectivity index (χ4n) is 2.29. The highest BCUT2D eigenvalue weighted by Crippen LogP contribution is 2.31. The van der Waals surface area contributed by atoms with Gasteiger partial charge in [-0.3, -0.25) is 4.79 Å². The first kappa shape index (κ1) is 17.8. The Morgan fingerprint density at radius 2 is 2.08 bits per heavy atom. The van der Waals surface area contributed by atoms with E-state index in [0.717, 1.165) is 11.1 Å². The van der Waals surface area contributed by atoms with Crippen LogP contribution in [0.15, 0.2) is 36.5 Å². The van der Waals surface area contributed by atoms with Gasteiger partial charge in [-0.25, -0.2) is 4.98 Å². The van der Waals surface area contributed by atoms with E-state index in [2.05, 4.69) is 23.7 Å². The van der Waals surface area contributed by atoms with E-state index < -0.39 is 0 Å². The van der Waals surface area contributed by atoms with Crippen LogP contribution in [0.5, 0.6) is 11.6 Å². The number of hydrogen-bond acceptors (Lipinski definition) is 5. The molecule has 0 fully saturated rings. The molecule has 2 rings (SSSR count). The highest BCUT2D eigenvalue weighted by molar-refractivity contribution is 7.96. The maximum Gasteiger partial charge on any atom is 0.235 e. The zero-order chi connectivity index (χ0) is 17.4. The molecule has 0 spiro atoms. The predicted octanol–water partition coefficient (Wildman–Crippen LogP) is 3.32. The average molecular weight is 342 g/mol. The summed E-state index contributed by atoms with van der Waals surface area (Å²) in [5.41, 5.74) is 2.03. The highest BCUT2D eigenvalue weighted by Gasteiger charge is 2.17. The van der Waals surface area contributed by atoms with Crippen molar-refractivity contribution in [2.24, 2.45) is 0 Å². The molecule has 5 nitrogen and oxygen atoms in total. The van der Waals surface area contributed by atoms with Gasteiger partial charge in [0.15, 0.2) is 10.7 Å². The van der Waals surface area contributed by atoms with E-state index in [-0.39, 0.29) is 16.6 Å². The third-order valence-electron chi connectivity index (χ3n) is 3.44. The van der Waals surface area contributed by atoms with Gasteiger partial charge in [0, 0.05) is 18.2 Å². The fourth-order valence-corrected chi connectivity index (χ4v) is 2.45. The van der Waals surface area contributed by atoms with E-state index in [9.17, 15) is 10.1 Å². The van der Waals surface area contributed by atoms with Crippen LogP contribution >= 0.6 is 12.6 Å². The van der Waals surface area contributed by atoms with Gasteiger partial charge in [-0.15, -0.1) is 12.6 Å². The predicted molar refractivity (Wildman–Crippen MR) is 93.2 cm³/mol. The summed E-state index contributed by atoms with van der Waals surface area (Å²) in [6, 6.07) is 11.7. The molecule has 0 aliphatic rings. The monoisotopic (exact) mass is 342 g/mol. The van der Waals surface area contributed by atoms with Gasteiger partial charge in [-0.05, 0) is 18.4 Å². The second kappa shape index (κ2) is 8.94. The SMILES string of the molecule is COc1c(CCCC(=O)S)cnc(OCc2ccccc2)c1C#N. The molecule has 0 N–H and O–H groups in total. The maximum atomic E-state index is 10.9. The van der Waals surface area contributed by atoms with E-state index in [1.165, 1.54) is 7.11 Å². The van der Waals surface area contributed by atoms with Crippen molar-refractivity contribution in [1.29, 1.82) is 5.26 Å². The van der Waals surface area contributed by atoms with Crippen molar-refractivity contribution >= 4 is 17.7 Å². The summed E-state index contributed by atoms with van der Waals surface area (Å²) in [7, 11) is 1.50. The summed E-state index contributed by atoms with van der Waals surface area (Å²) in [5.74, 6) is 0.689. The first-order valence-electron chi connectivity index (χ1n) is 7.50. The van der Waals surface area contributed by atoms with Crippen LogP contribution in [-0.2, 0) is 17.8 Å². The third-order valence-corrected chi connectivity index (χ3v) is 3.66. The summed E-state index contributed by atoms with van der Waals surface area (Å²) in [5, 5.41) is 9.29. The standard InChI is InChI=1S/C18H18N2O3S/c1-22-17-14(8-5-9-16(21)24)11-20-18(15(17)10-19)23-12-13-6-3-2-4-7-13/h2-4,6-7,11H,5,8-9,12H2,1H3,(H,21,24). The molecule has 0 aliphatic carbocycles. The minimum atomic E-state index is -0.162. The number of nitriles is 1. The largest absolute Gasteiger partial charge is 0.495 e. The molecule has 124 valence electrons. The second-order valence-corrected chi connectivity index (χ2v) is 5.63. The molecule has 6 heteroatoms. The van der Waals surface area contributed by atoms with E-state index in [1.54, 1.807) is 6.20 Å². The van der Waals surface area contributed by atoms with Crippen LogP contribution in [0.1, 0.15) is 29.5 Å². The van der Waals surface area contributed by atoms with Crippen molar-refractivity contribution in [3.63, 3.8) is 0 Å². The van der Waals surface area contributed by atoms with Crippen molar-refractivity contribution in [2.75, 3.05) is 7.11 Å². The number of carbonyl (C=O) groups excluding carboxylic acids is 1. The summed E-state index contributed by atoms with van der Waals surface area (Å²) in [6.45, 7) is 0.319. The first-order valence-corrected chi connectivity index (χ1v) is 7.95. The Kier molecular flexibility index (Phi) is 6.64. The first-order chi connectivity index (χ1) is 11.7. The Labute approximate surface area is 146 Å². The molecule has 0 aliphatic heterocycles. The number of aryl methyl sites for hydroxylation is 1. The number of pyridine rings is 1. The molecule has 0 amide bonds. The minimum absolute atomic E-state index is 0.162. The molecule has 0 unspecified atom stereocenters. The summed E-state index contributed by atoms with van der Waals surface area (Å²) in [4.78, 5) is 15.2. The molecule has 0 saturated heterocycles. The Hall–Kier alpha value is -2.52. The molecule has 0 atom stereocenters. The molecule has 1 heterocycles. The summed E-state index contributed by atoms with van der Waals surface area (Å²) in [6.07, 6.45) is 3.19. The third kappa shape index (κ3) is 4.74. The van der Waals surface area contributed by atoms with Crippen molar-refractivity contribution in [2.45, 2.75) is 25.9 Å². The number of ether oxygens (including phenoxy) is 2. The van der Waals surface area contributed by atoms with Crippen LogP contribution in [0.25, 0.3) is 0 Å². The van der Waals surface area contributed by atoms with Gasteiger partial charge in [0.25, 0.3) is 0 Å². The zero-order valence-corrected chi connectivity index (χ0v) is 14.3. The molecular weight excluding hydrogens is 324 g/mol. The smallest absolute Gasteiger partial charge is 0.235 e. The highest BCUT2D eigenvalue weighted by atomic mass is 32.1. The number of nitrogens with zero attached hydrogens (tertiary/aromatic N) is 2. The lowest BCUT2D eigenvalue weighted by Crippen LogP contribution is -2.04. The van der Waals surface area contributed by atoms with Crippen LogP contribution in [0, 0.1) is 11.3 Å². The second-order valence-electron chi connectivity index (χ2n) is 5.13. The van der Waals surface area contributed by atoms with E-state index in [1.807, 2.05) is 30.3 Å². The summed E-state index contributed by atoms with van der Waals surface area (Å²) < 4.78 is 11.0. The molecule has 2 aromatic rings. The van der Waals surface area contributed by atoms with Gasteiger partial charge < -0.3 is 9.47 Å². The van der Waals surface area contributed by atoms with Crippen LogP contribution < -0.4 is 9.47 Å². The normalized spacial score (nSPS) is 10.0. The topological polar surface area (TPSA) is 72.2 Å². The number of rotatable bonds is 8. The van der Waals surface area contributed by atoms with E-state index >= 15 is 0 Å². The molecule has 1 aromatic heterocycles. The van der Waals surface area contributed by atoms with Crippen molar-refractivity contribution < 1.29 is 14.3 Å². The van der Waals surface area contributed by atoms with Crippen molar-refractivity contribution in [3.8, 4) is 17.7 Å². The zero-order valence-electron chi connectivity index (χ0n) is 13.4. The number of methoxy groups -OCH3 is 1. The van der Waals surface area contributed by atoms with Crippen LogP contribution in [0.2, 0.25) is 0 Å². The molecule has 0 bridgehead atoms. The summed E-state index contributed by atoms with van der Waals surface area (Å²) >= 11 is 3.75. The maximum absolute atomic E-state index is 10.9. The molecule has 1 aromatic carbocycles. The molecular formula is C18H18N2O3S. The van der Waals surface area contributed by atoms with Gasteiger partial charge in [0.1, 0.15) is 18.4 Å². The van der Waals surface area contributed by atoms with Crippen molar-refractivity contribution in [3.05, 3.63) is 53.2 Å². The average Bonchev–Trinajstić information content (AvgIpc) is 2.60. The number of carbonyl (C=O) groups is 1. The van der Waals surface area contributed by atoms with Gasteiger partial charge in [-0.2, -0.15) is 5.26 Å². The van der Waals surface area contributed by atoms with Crippen LogP contribution in [0.4, 0.5) is 0 Å². The number of thiol groups is 1. The van der Waals surface area contributed by atoms with Gasteiger partial charge in [0.05, 0.1) is 7.11 Å². The number of hydrogen-bond donors (Lipinski definition) is 1. The Bertz CT molecular complexity index is 742. The van der Waals surface area contributed by atoms with Crippen molar-refractivity contribution in [1.82, 2.24) is 4.98 Å². The van der Waals surface area contributed by atoms with Gasteiger partial charge >= 0.3 is 0 Å². The lowest BCUT2D eigenvalue weighted by Gasteiger charge is -2.13. The fraction of sp³-hybridized carbons (Fsp3) is 0.278. The molecule has 24 heavy (non-hydrogen) atoms. The lowest BCUT2D eigenvalue weighted by molar-refractivity contribution is -0.110. The van der Waals surface area contributed by atoms with Crippen LogP contribution in [0.3, 0.4) is 0 Å². The number of aromatic nitrogens is 1. The van der Waals surface area contributed by atoms with E-state index in [0.29, 0.717) is 31.6 Å². The quantitative estimate of drug-likeness (QED) is 0.745. The van der Waals surface area contributed by atoms with Gasteiger partial charge in [-0.1, -0.05) is 30.3 Å². The Morgan fingerprint density at radius 1 is 1.33 bits per heavy atom. The van der Waals surface area contributed by atoms with Crippen LogP contribution in [-0.4, -0.2) is 17.2 Å². The molecule has 0 saturated carbocycles. The Balaban J connectivity index is 2.17.